The number of Topliss-reactive ketones (excluding diaryl/α,β-unsaturated/α-hetero) is 1. The fourth-order valence-corrected chi connectivity index (χ4v) is 2.30. The average molecular weight is 285 g/mol. The molecule has 4 nitrogen and oxygen atoms in total. The minimum Gasteiger partial charge on any atom is -0.385 e. The van der Waals surface area contributed by atoms with Crippen molar-refractivity contribution in [3.8, 4) is 11.3 Å². The first-order valence-corrected chi connectivity index (χ1v) is 6.94. The molecule has 0 spiro atoms. The van der Waals surface area contributed by atoms with Crippen molar-refractivity contribution in [2.24, 2.45) is 0 Å². The number of ketones is 1. The number of nitrogens with zero attached hydrogens (tertiary/aromatic N) is 1. The van der Waals surface area contributed by atoms with Crippen molar-refractivity contribution in [3.05, 3.63) is 58.4 Å². The monoisotopic (exact) mass is 285 g/mol. The smallest absolute Gasteiger partial charge is 0.261 e. The van der Waals surface area contributed by atoms with Crippen LogP contribution in [0.25, 0.3) is 11.3 Å². The first-order chi connectivity index (χ1) is 10.1. The summed E-state index contributed by atoms with van der Waals surface area (Å²) in [5, 5.41) is 0. The van der Waals surface area contributed by atoms with Gasteiger partial charge in [-0.1, -0.05) is 30.3 Å². The van der Waals surface area contributed by atoms with Crippen LogP contribution >= 0.6 is 0 Å². The summed E-state index contributed by atoms with van der Waals surface area (Å²) in [7, 11) is 1.63. The zero-order chi connectivity index (χ0) is 15.2. The van der Waals surface area contributed by atoms with Gasteiger partial charge >= 0.3 is 0 Å². The number of hydrogen-bond acceptors (Lipinski definition) is 3. The quantitative estimate of drug-likeness (QED) is 0.605. The average Bonchev–Trinajstić information content (AvgIpc) is 2.49. The molecule has 0 aliphatic carbocycles. The predicted octanol–water partition coefficient (Wildman–Crippen LogP) is 2.75. The van der Waals surface area contributed by atoms with E-state index in [2.05, 4.69) is 0 Å². The zero-order valence-electron chi connectivity index (χ0n) is 12.3. The first kappa shape index (κ1) is 15.2. The Morgan fingerprint density at radius 2 is 1.86 bits per heavy atom. The maximum atomic E-state index is 12.5. The van der Waals surface area contributed by atoms with Crippen LogP contribution in [0.2, 0.25) is 0 Å². The molecule has 0 atom stereocenters. The Hall–Kier alpha value is -2.20. The molecule has 0 saturated carbocycles. The van der Waals surface area contributed by atoms with E-state index in [1.165, 1.54) is 6.92 Å². The topological polar surface area (TPSA) is 48.3 Å². The van der Waals surface area contributed by atoms with Crippen molar-refractivity contribution in [2.75, 3.05) is 13.7 Å². The molecule has 0 radical (unpaired) electrons. The van der Waals surface area contributed by atoms with Crippen molar-refractivity contribution in [3.63, 3.8) is 0 Å². The lowest BCUT2D eigenvalue weighted by molar-refractivity contribution is 0.101. The van der Waals surface area contributed by atoms with Gasteiger partial charge in [-0.3, -0.25) is 9.59 Å². The molecule has 21 heavy (non-hydrogen) atoms. The van der Waals surface area contributed by atoms with Gasteiger partial charge in [0, 0.05) is 20.3 Å². The van der Waals surface area contributed by atoms with Crippen LogP contribution in [0.1, 0.15) is 23.7 Å². The summed E-state index contributed by atoms with van der Waals surface area (Å²) in [6, 6.07) is 13.1. The molecular formula is C17H19NO3. The number of methoxy groups -OCH3 is 1. The lowest BCUT2D eigenvalue weighted by atomic mass is 10.1. The highest BCUT2D eigenvalue weighted by atomic mass is 16.5. The van der Waals surface area contributed by atoms with E-state index in [4.69, 9.17) is 4.74 Å². The largest absolute Gasteiger partial charge is 0.385 e. The molecule has 0 amide bonds. The third kappa shape index (κ3) is 3.47. The Morgan fingerprint density at radius 3 is 2.48 bits per heavy atom. The first-order valence-electron chi connectivity index (χ1n) is 6.94. The van der Waals surface area contributed by atoms with Gasteiger partial charge in [-0.2, -0.15) is 0 Å². The van der Waals surface area contributed by atoms with E-state index in [-0.39, 0.29) is 16.9 Å². The highest BCUT2D eigenvalue weighted by Crippen LogP contribution is 2.18. The van der Waals surface area contributed by atoms with Crippen molar-refractivity contribution in [2.45, 2.75) is 19.9 Å². The predicted molar refractivity (Wildman–Crippen MR) is 82.6 cm³/mol. The van der Waals surface area contributed by atoms with Crippen LogP contribution in [0.4, 0.5) is 0 Å². The molecule has 4 heteroatoms. The number of ether oxygens (including phenoxy) is 1. The number of rotatable bonds is 6. The van der Waals surface area contributed by atoms with Crippen LogP contribution in [0.5, 0.6) is 0 Å². The van der Waals surface area contributed by atoms with Crippen LogP contribution in [-0.4, -0.2) is 24.1 Å². The molecule has 110 valence electrons. The second-order valence-corrected chi connectivity index (χ2v) is 4.86. The second kappa shape index (κ2) is 6.99. The molecule has 0 unspecified atom stereocenters. The van der Waals surface area contributed by atoms with Crippen LogP contribution in [0.15, 0.2) is 47.3 Å². The summed E-state index contributed by atoms with van der Waals surface area (Å²) in [6.07, 6.45) is 0.720. The minimum absolute atomic E-state index is 0.208. The summed E-state index contributed by atoms with van der Waals surface area (Å²) < 4.78 is 6.70. The van der Waals surface area contributed by atoms with Gasteiger partial charge in [0.2, 0.25) is 0 Å². The van der Waals surface area contributed by atoms with Gasteiger partial charge in [-0.05, 0) is 31.0 Å². The number of hydrogen-bond donors (Lipinski definition) is 0. The van der Waals surface area contributed by atoms with Gasteiger partial charge in [0.05, 0.1) is 11.3 Å². The number of carbonyl (C=O) groups excluding carboxylic acids is 1. The normalized spacial score (nSPS) is 10.6. The van der Waals surface area contributed by atoms with Gasteiger partial charge in [0.15, 0.2) is 5.78 Å². The van der Waals surface area contributed by atoms with Gasteiger partial charge in [-0.15, -0.1) is 0 Å². The van der Waals surface area contributed by atoms with Crippen molar-refractivity contribution in [1.82, 2.24) is 4.57 Å². The highest BCUT2D eigenvalue weighted by Gasteiger charge is 2.12. The highest BCUT2D eigenvalue weighted by molar-refractivity contribution is 5.93. The van der Waals surface area contributed by atoms with E-state index in [9.17, 15) is 9.59 Å². The van der Waals surface area contributed by atoms with Crippen LogP contribution < -0.4 is 5.56 Å². The summed E-state index contributed by atoms with van der Waals surface area (Å²) in [4.78, 5) is 24.1. The lowest BCUT2D eigenvalue weighted by Crippen LogP contribution is -2.27. The van der Waals surface area contributed by atoms with E-state index in [1.807, 2.05) is 36.4 Å². The van der Waals surface area contributed by atoms with E-state index >= 15 is 0 Å². The SMILES string of the molecule is COCCCn1c(-c2ccccc2)ccc(C(C)=O)c1=O. The van der Waals surface area contributed by atoms with E-state index in [1.54, 1.807) is 17.7 Å². The van der Waals surface area contributed by atoms with Crippen molar-refractivity contribution < 1.29 is 9.53 Å². The molecule has 1 aromatic carbocycles. The second-order valence-electron chi connectivity index (χ2n) is 4.86. The van der Waals surface area contributed by atoms with Gasteiger partial charge in [-0.25, -0.2) is 0 Å². The van der Waals surface area contributed by atoms with Crippen molar-refractivity contribution in [1.29, 1.82) is 0 Å². The third-order valence-corrected chi connectivity index (χ3v) is 3.35. The Bertz CT molecular complexity index is 674. The van der Waals surface area contributed by atoms with Gasteiger partial charge in [0.1, 0.15) is 0 Å². The standard InChI is InChI=1S/C17H19NO3/c1-13(19)15-9-10-16(14-7-4-3-5-8-14)18(17(15)20)11-6-12-21-2/h3-5,7-10H,6,11-12H2,1-2H3. The zero-order valence-corrected chi connectivity index (χ0v) is 12.3. The number of pyridine rings is 1. The molecule has 0 aliphatic heterocycles. The molecule has 0 N–H and O–H groups in total. The fraction of sp³-hybridized carbons (Fsp3) is 0.294. The number of carbonyl (C=O) groups is 1. The molecule has 2 aromatic rings. The Balaban J connectivity index is 2.51. The molecule has 0 bridgehead atoms. The maximum Gasteiger partial charge on any atom is 0.261 e. The molecule has 2 rings (SSSR count). The Kier molecular flexibility index (Phi) is 5.06. The van der Waals surface area contributed by atoms with E-state index in [0.717, 1.165) is 17.7 Å². The van der Waals surface area contributed by atoms with Crippen LogP contribution in [0, 0.1) is 0 Å². The van der Waals surface area contributed by atoms with E-state index < -0.39 is 0 Å². The molecule has 0 aliphatic rings. The summed E-state index contributed by atoms with van der Waals surface area (Å²) >= 11 is 0. The lowest BCUT2D eigenvalue weighted by Gasteiger charge is -2.14. The fourth-order valence-electron chi connectivity index (χ4n) is 2.30. The molecular weight excluding hydrogens is 266 g/mol. The summed E-state index contributed by atoms with van der Waals surface area (Å²) in [5.74, 6) is -0.208. The van der Waals surface area contributed by atoms with Gasteiger partial charge in [0.25, 0.3) is 5.56 Å². The van der Waals surface area contributed by atoms with E-state index in [0.29, 0.717) is 13.2 Å². The van der Waals surface area contributed by atoms with Crippen LogP contribution in [0.3, 0.4) is 0 Å². The van der Waals surface area contributed by atoms with Crippen LogP contribution in [-0.2, 0) is 11.3 Å². The minimum atomic E-state index is -0.236. The third-order valence-electron chi connectivity index (χ3n) is 3.35. The Labute approximate surface area is 124 Å². The number of aromatic nitrogens is 1. The number of benzene rings is 1. The summed E-state index contributed by atoms with van der Waals surface area (Å²) in [5.41, 5.74) is 1.77. The Morgan fingerprint density at radius 1 is 1.14 bits per heavy atom. The maximum absolute atomic E-state index is 12.5. The molecule has 1 heterocycles. The summed E-state index contributed by atoms with van der Waals surface area (Å²) in [6.45, 7) is 2.52. The van der Waals surface area contributed by atoms with Crippen molar-refractivity contribution >= 4 is 5.78 Å². The molecule has 0 saturated heterocycles. The molecule has 1 aromatic heterocycles. The van der Waals surface area contributed by atoms with Gasteiger partial charge < -0.3 is 9.30 Å². The molecule has 0 fully saturated rings.